The van der Waals surface area contributed by atoms with E-state index in [4.69, 9.17) is 0 Å². The standard InChI is InChI=1S/C16H12F2O2/c1-11(12-5-3-2-4-6-12)15(19)13-7-9-14(10-8-13)20-16(17)18/h2-10,16H,1H2. The van der Waals surface area contributed by atoms with Crippen molar-refractivity contribution < 1.29 is 18.3 Å². The molecule has 0 saturated heterocycles. The smallest absolute Gasteiger partial charge is 0.387 e. The molecule has 2 aromatic rings. The van der Waals surface area contributed by atoms with Crippen LogP contribution in [-0.4, -0.2) is 12.4 Å². The normalized spacial score (nSPS) is 10.3. The largest absolute Gasteiger partial charge is 0.435 e. The molecule has 0 aliphatic rings. The Balaban J connectivity index is 2.15. The number of rotatable bonds is 5. The van der Waals surface area contributed by atoms with Gasteiger partial charge in [0.1, 0.15) is 5.75 Å². The van der Waals surface area contributed by atoms with Gasteiger partial charge in [0.05, 0.1) is 0 Å². The lowest BCUT2D eigenvalue weighted by atomic mass is 9.98. The molecule has 0 aliphatic heterocycles. The lowest BCUT2D eigenvalue weighted by Gasteiger charge is -2.07. The van der Waals surface area contributed by atoms with Gasteiger partial charge in [-0.1, -0.05) is 36.9 Å². The van der Waals surface area contributed by atoms with Gasteiger partial charge < -0.3 is 4.74 Å². The van der Waals surface area contributed by atoms with Crippen LogP contribution in [-0.2, 0) is 0 Å². The van der Waals surface area contributed by atoms with Crippen molar-refractivity contribution in [1.82, 2.24) is 0 Å². The predicted molar refractivity (Wildman–Crippen MR) is 72.9 cm³/mol. The molecule has 0 aromatic heterocycles. The topological polar surface area (TPSA) is 26.3 Å². The Kier molecular flexibility index (Phi) is 4.25. The van der Waals surface area contributed by atoms with Gasteiger partial charge in [0, 0.05) is 11.1 Å². The number of carbonyl (C=O) groups excluding carboxylic acids is 1. The lowest BCUT2D eigenvalue weighted by molar-refractivity contribution is -0.0498. The van der Waals surface area contributed by atoms with Crippen LogP contribution < -0.4 is 4.74 Å². The van der Waals surface area contributed by atoms with E-state index < -0.39 is 6.61 Å². The van der Waals surface area contributed by atoms with Crippen molar-refractivity contribution in [2.75, 3.05) is 0 Å². The number of hydrogen-bond acceptors (Lipinski definition) is 2. The summed E-state index contributed by atoms with van der Waals surface area (Å²) in [7, 11) is 0. The Bertz CT molecular complexity index is 604. The molecule has 0 saturated carbocycles. The maximum atomic E-state index is 12.2. The fourth-order valence-corrected chi connectivity index (χ4v) is 1.73. The molecule has 20 heavy (non-hydrogen) atoms. The molecule has 102 valence electrons. The highest BCUT2D eigenvalue weighted by atomic mass is 19.3. The van der Waals surface area contributed by atoms with Gasteiger partial charge in [-0.15, -0.1) is 0 Å². The average Bonchev–Trinajstić information content (AvgIpc) is 2.47. The van der Waals surface area contributed by atoms with Gasteiger partial charge in [-0.25, -0.2) is 0 Å². The van der Waals surface area contributed by atoms with Crippen molar-refractivity contribution in [3.8, 4) is 5.75 Å². The van der Waals surface area contributed by atoms with Gasteiger partial charge in [0.25, 0.3) is 0 Å². The van der Waals surface area contributed by atoms with Crippen molar-refractivity contribution in [2.45, 2.75) is 6.61 Å². The zero-order chi connectivity index (χ0) is 14.5. The third-order valence-corrected chi connectivity index (χ3v) is 2.74. The zero-order valence-corrected chi connectivity index (χ0v) is 10.6. The maximum Gasteiger partial charge on any atom is 0.387 e. The second kappa shape index (κ2) is 6.10. The highest BCUT2D eigenvalue weighted by Crippen LogP contribution is 2.20. The molecule has 0 N–H and O–H groups in total. The van der Waals surface area contributed by atoms with E-state index in [9.17, 15) is 13.6 Å². The van der Waals surface area contributed by atoms with Crippen LogP contribution in [0.4, 0.5) is 8.78 Å². The van der Waals surface area contributed by atoms with Crippen LogP contribution in [0.3, 0.4) is 0 Å². The molecule has 2 aromatic carbocycles. The van der Waals surface area contributed by atoms with Gasteiger partial charge in [-0.2, -0.15) is 8.78 Å². The number of allylic oxidation sites excluding steroid dienone is 1. The number of halogens is 2. The van der Waals surface area contributed by atoms with Crippen molar-refractivity contribution in [2.24, 2.45) is 0 Å². The zero-order valence-electron chi connectivity index (χ0n) is 10.6. The van der Waals surface area contributed by atoms with E-state index in [2.05, 4.69) is 11.3 Å². The summed E-state index contributed by atoms with van der Waals surface area (Å²) in [4.78, 5) is 12.2. The molecule has 0 fully saturated rings. The van der Waals surface area contributed by atoms with Gasteiger partial charge in [0.15, 0.2) is 5.78 Å². The minimum atomic E-state index is -2.88. The number of carbonyl (C=O) groups is 1. The Morgan fingerprint density at radius 2 is 1.55 bits per heavy atom. The first-order valence-electron chi connectivity index (χ1n) is 5.92. The van der Waals surface area contributed by atoms with Crippen LogP contribution in [0.2, 0.25) is 0 Å². The molecule has 0 aliphatic carbocycles. The summed E-state index contributed by atoms with van der Waals surface area (Å²) in [6, 6.07) is 14.6. The SMILES string of the molecule is C=C(C(=O)c1ccc(OC(F)F)cc1)c1ccccc1. The van der Waals surface area contributed by atoms with Gasteiger partial charge in [0.2, 0.25) is 0 Å². The molecule has 0 amide bonds. The number of ether oxygens (including phenoxy) is 1. The fraction of sp³-hybridized carbons (Fsp3) is 0.0625. The highest BCUT2D eigenvalue weighted by Gasteiger charge is 2.12. The summed E-state index contributed by atoms with van der Waals surface area (Å²) >= 11 is 0. The molecule has 0 unspecified atom stereocenters. The van der Waals surface area contributed by atoms with Crippen molar-refractivity contribution in [3.05, 3.63) is 72.3 Å². The Morgan fingerprint density at radius 1 is 0.950 bits per heavy atom. The molecular weight excluding hydrogens is 262 g/mol. The van der Waals surface area contributed by atoms with E-state index in [1.807, 2.05) is 18.2 Å². The molecule has 0 radical (unpaired) electrons. The number of hydrogen-bond donors (Lipinski definition) is 0. The Morgan fingerprint density at radius 3 is 2.10 bits per heavy atom. The molecule has 4 heteroatoms. The average molecular weight is 274 g/mol. The molecule has 0 spiro atoms. The molecule has 0 heterocycles. The van der Waals surface area contributed by atoms with E-state index in [0.29, 0.717) is 11.1 Å². The monoisotopic (exact) mass is 274 g/mol. The fourth-order valence-electron chi connectivity index (χ4n) is 1.73. The first kappa shape index (κ1) is 13.9. The van der Waals surface area contributed by atoms with E-state index in [1.165, 1.54) is 24.3 Å². The van der Waals surface area contributed by atoms with E-state index in [1.54, 1.807) is 12.1 Å². The van der Waals surface area contributed by atoms with Gasteiger partial charge >= 0.3 is 6.61 Å². The van der Waals surface area contributed by atoms with E-state index in [0.717, 1.165) is 5.56 Å². The van der Waals surface area contributed by atoms with E-state index >= 15 is 0 Å². The first-order valence-corrected chi connectivity index (χ1v) is 5.92. The molecule has 2 rings (SSSR count). The highest BCUT2D eigenvalue weighted by molar-refractivity contribution is 6.28. The molecule has 0 atom stereocenters. The van der Waals surface area contributed by atoms with E-state index in [-0.39, 0.29) is 11.5 Å². The van der Waals surface area contributed by atoms with Crippen molar-refractivity contribution >= 4 is 11.4 Å². The van der Waals surface area contributed by atoms with Crippen LogP contribution in [0.25, 0.3) is 5.57 Å². The number of Topliss-reactive ketones (excluding diaryl/α,β-unsaturated/α-hetero) is 1. The lowest BCUT2D eigenvalue weighted by Crippen LogP contribution is -2.04. The number of alkyl halides is 2. The Labute approximate surface area is 115 Å². The third-order valence-electron chi connectivity index (χ3n) is 2.74. The molecule has 2 nitrogen and oxygen atoms in total. The second-order valence-electron chi connectivity index (χ2n) is 4.08. The number of benzene rings is 2. The van der Waals surface area contributed by atoms with Crippen LogP contribution in [0, 0.1) is 0 Å². The van der Waals surface area contributed by atoms with Crippen LogP contribution in [0.5, 0.6) is 5.75 Å². The van der Waals surface area contributed by atoms with Crippen LogP contribution >= 0.6 is 0 Å². The minimum Gasteiger partial charge on any atom is -0.435 e. The summed E-state index contributed by atoms with van der Waals surface area (Å²) < 4.78 is 28.3. The summed E-state index contributed by atoms with van der Waals surface area (Å²) in [6.07, 6.45) is 0. The second-order valence-corrected chi connectivity index (χ2v) is 4.08. The Hall–Kier alpha value is -2.49. The first-order chi connectivity index (χ1) is 9.58. The van der Waals surface area contributed by atoms with Crippen LogP contribution in [0.15, 0.2) is 61.2 Å². The summed E-state index contributed by atoms with van der Waals surface area (Å²) in [6.45, 7) is 0.892. The van der Waals surface area contributed by atoms with Gasteiger partial charge in [-0.05, 0) is 29.8 Å². The minimum absolute atomic E-state index is 0.0156. The third kappa shape index (κ3) is 3.29. The maximum absolute atomic E-state index is 12.2. The number of ketones is 1. The van der Waals surface area contributed by atoms with Crippen LogP contribution in [0.1, 0.15) is 15.9 Å². The summed E-state index contributed by atoms with van der Waals surface area (Å²) in [5.41, 5.74) is 1.46. The van der Waals surface area contributed by atoms with Crippen molar-refractivity contribution in [3.63, 3.8) is 0 Å². The quantitative estimate of drug-likeness (QED) is 0.603. The predicted octanol–water partition coefficient (Wildman–Crippen LogP) is 4.18. The summed E-state index contributed by atoms with van der Waals surface area (Å²) in [5.74, 6) is -0.235. The molecular formula is C16H12F2O2. The molecule has 0 bridgehead atoms. The van der Waals surface area contributed by atoms with Crippen molar-refractivity contribution in [1.29, 1.82) is 0 Å². The summed E-state index contributed by atoms with van der Waals surface area (Å²) in [5, 5.41) is 0. The van der Waals surface area contributed by atoms with Gasteiger partial charge in [-0.3, -0.25) is 4.79 Å².